The van der Waals surface area contributed by atoms with Gasteiger partial charge in [0.05, 0.1) is 0 Å². The lowest BCUT2D eigenvalue weighted by atomic mass is 9.88. The minimum Gasteiger partial charge on any atom is -0.310 e. The predicted molar refractivity (Wildman–Crippen MR) is 75.4 cm³/mol. The molecule has 1 fully saturated rings. The molecule has 2 unspecified atom stereocenters. The van der Waals surface area contributed by atoms with E-state index in [1.54, 1.807) is 12.1 Å². The first-order chi connectivity index (χ1) is 9.34. The van der Waals surface area contributed by atoms with Gasteiger partial charge in [0.1, 0.15) is 5.82 Å². The summed E-state index contributed by atoms with van der Waals surface area (Å²) in [6, 6.07) is 17.7. The molecule has 1 saturated heterocycles. The summed E-state index contributed by atoms with van der Waals surface area (Å²) in [5.74, 6) is 0.374. The van der Waals surface area contributed by atoms with E-state index in [4.69, 9.17) is 0 Å². The van der Waals surface area contributed by atoms with Crippen LogP contribution < -0.4 is 5.32 Å². The molecule has 0 amide bonds. The summed E-state index contributed by atoms with van der Waals surface area (Å²) in [4.78, 5) is 0. The van der Waals surface area contributed by atoms with Crippen molar-refractivity contribution in [3.8, 4) is 0 Å². The Morgan fingerprint density at radius 1 is 1.00 bits per heavy atom. The molecular weight excluding hydrogens is 237 g/mol. The molecule has 1 aliphatic rings. The summed E-state index contributed by atoms with van der Waals surface area (Å²) in [5, 5.41) is 3.44. The Hall–Kier alpha value is -1.67. The van der Waals surface area contributed by atoms with Crippen LogP contribution in [0.25, 0.3) is 0 Å². The van der Waals surface area contributed by atoms with Gasteiger partial charge in [-0.25, -0.2) is 4.39 Å². The van der Waals surface area contributed by atoms with Crippen LogP contribution in [0.2, 0.25) is 0 Å². The van der Waals surface area contributed by atoms with Crippen molar-refractivity contribution in [2.75, 3.05) is 6.54 Å². The van der Waals surface area contributed by atoms with Gasteiger partial charge in [-0.05, 0) is 36.9 Å². The second kappa shape index (κ2) is 5.54. The first kappa shape index (κ1) is 12.4. The fourth-order valence-corrected chi connectivity index (χ4v) is 2.99. The monoisotopic (exact) mass is 255 g/mol. The molecule has 2 heteroatoms. The number of halogens is 1. The second-order valence-corrected chi connectivity index (χ2v) is 5.19. The minimum atomic E-state index is -0.0973. The maximum atomic E-state index is 13.9. The summed E-state index contributed by atoms with van der Waals surface area (Å²) in [7, 11) is 0. The molecular formula is C17H18FN. The fourth-order valence-electron chi connectivity index (χ4n) is 2.99. The molecule has 3 rings (SSSR count). The van der Waals surface area contributed by atoms with E-state index in [1.165, 1.54) is 5.56 Å². The highest BCUT2D eigenvalue weighted by atomic mass is 19.1. The van der Waals surface area contributed by atoms with Crippen molar-refractivity contribution in [2.45, 2.75) is 18.9 Å². The Balaban J connectivity index is 1.81. The van der Waals surface area contributed by atoms with Gasteiger partial charge in [-0.15, -0.1) is 0 Å². The average molecular weight is 255 g/mol. The van der Waals surface area contributed by atoms with Gasteiger partial charge in [0.2, 0.25) is 0 Å². The third-order valence-electron chi connectivity index (χ3n) is 3.93. The third kappa shape index (κ3) is 2.69. The highest BCUT2D eigenvalue weighted by Gasteiger charge is 2.29. The zero-order valence-electron chi connectivity index (χ0n) is 10.9. The van der Waals surface area contributed by atoms with Gasteiger partial charge in [-0.2, -0.15) is 0 Å². The number of nitrogens with one attached hydrogen (secondary N) is 1. The molecule has 1 heterocycles. The molecule has 2 aromatic carbocycles. The lowest BCUT2D eigenvalue weighted by molar-refractivity contribution is 0.441. The smallest absolute Gasteiger partial charge is 0.127 e. The zero-order valence-corrected chi connectivity index (χ0v) is 10.9. The van der Waals surface area contributed by atoms with Crippen molar-refractivity contribution >= 4 is 0 Å². The van der Waals surface area contributed by atoms with Crippen LogP contribution in [0.1, 0.15) is 23.6 Å². The molecule has 0 aromatic heterocycles. The molecule has 0 bridgehead atoms. The number of benzene rings is 2. The topological polar surface area (TPSA) is 12.0 Å². The Kier molecular flexibility index (Phi) is 3.60. The van der Waals surface area contributed by atoms with Crippen molar-refractivity contribution < 1.29 is 4.39 Å². The maximum Gasteiger partial charge on any atom is 0.127 e. The summed E-state index contributed by atoms with van der Waals surface area (Å²) >= 11 is 0. The molecule has 2 aromatic rings. The molecule has 0 radical (unpaired) electrons. The number of hydrogen-bond acceptors (Lipinski definition) is 1. The van der Waals surface area contributed by atoms with E-state index in [-0.39, 0.29) is 11.9 Å². The van der Waals surface area contributed by atoms with Gasteiger partial charge in [0.15, 0.2) is 0 Å². The van der Waals surface area contributed by atoms with Crippen molar-refractivity contribution in [3.63, 3.8) is 0 Å². The van der Waals surface area contributed by atoms with Crippen LogP contribution in [-0.2, 0) is 6.42 Å². The zero-order chi connectivity index (χ0) is 13.1. The average Bonchev–Trinajstić information content (AvgIpc) is 2.88. The summed E-state index contributed by atoms with van der Waals surface area (Å²) in [5.41, 5.74) is 2.14. The third-order valence-corrected chi connectivity index (χ3v) is 3.93. The SMILES string of the molecule is Fc1ccccc1C1NCCC1Cc1ccccc1. The van der Waals surface area contributed by atoms with Gasteiger partial charge in [0.25, 0.3) is 0 Å². The molecule has 98 valence electrons. The first-order valence-electron chi connectivity index (χ1n) is 6.86. The normalized spacial score (nSPS) is 22.6. The highest BCUT2D eigenvalue weighted by molar-refractivity contribution is 5.24. The van der Waals surface area contributed by atoms with Gasteiger partial charge in [-0.1, -0.05) is 48.5 Å². The molecule has 1 nitrogen and oxygen atoms in total. The number of hydrogen-bond donors (Lipinski definition) is 1. The lowest BCUT2D eigenvalue weighted by Gasteiger charge is -2.20. The summed E-state index contributed by atoms with van der Waals surface area (Å²) in [6.45, 7) is 0.969. The van der Waals surface area contributed by atoms with E-state index in [2.05, 4.69) is 29.6 Å². The van der Waals surface area contributed by atoms with Crippen LogP contribution in [0.3, 0.4) is 0 Å². The standard InChI is InChI=1S/C17H18FN/c18-16-9-5-4-8-15(16)17-14(10-11-19-17)12-13-6-2-1-3-7-13/h1-9,14,17,19H,10-12H2. The molecule has 0 saturated carbocycles. The van der Waals surface area contributed by atoms with E-state index in [0.29, 0.717) is 5.92 Å². The van der Waals surface area contributed by atoms with Crippen molar-refractivity contribution in [2.24, 2.45) is 5.92 Å². The van der Waals surface area contributed by atoms with Gasteiger partial charge in [0, 0.05) is 11.6 Å². The van der Waals surface area contributed by atoms with Crippen LogP contribution in [-0.4, -0.2) is 6.54 Å². The Bertz CT molecular complexity index is 538. The second-order valence-electron chi connectivity index (χ2n) is 5.19. The quantitative estimate of drug-likeness (QED) is 0.881. The lowest BCUT2D eigenvalue weighted by Crippen LogP contribution is -2.20. The number of rotatable bonds is 3. The molecule has 0 spiro atoms. The first-order valence-corrected chi connectivity index (χ1v) is 6.86. The fraction of sp³-hybridized carbons (Fsp3) is 0.294. The molecule has 19 heavy (non-hydrogen) atoms. The Labute approximate surface area is 113 Å². The van der Waals surface area contributed by atoms with E-state index in [0.717, 1.165) is 24.9 Å². The van der Waals surface area contributed by atoms with E-state index in [1.807, 2.05) is 18.2 Å². The maximum absolute atomic E-state index is 13.9. The van der Waals surface area contributed by atoms with Crippen molar-refractivity contribution in [1.82, 2.24) is 5.32 Å². The van der Waals surface area contributed by atoms with Gasteiger partial charge >= 0.3 is 0 Å². The van der Waals surface area contributed by atoms with Crippen LogP contribution in [0.15, 0.2) is 54.6 Å². The van der Waals surface area contributed by atoms with E-state index in [9.17, 15) is 4.39 Å². The highest BCUT2D eigenvalue weighted by Crippen LogP contribution is 2.33. The van der Waals surface area contributed by atoms with Crippen molar-refractivity contribution in [3.05, 3.63) is 71.5 Å². The molecule has 0 aliphatic carbocycles. The molecule has 1 aliphatic heterocycles. The predicted octanol–water partition coefficient (Wildman–Crippen LogP) is 3.72. The van der Waals surface area contributed by atoms with E-state index < -0.39 is 0 Å². The largest absolute Gasteiger partial charge is 0.310 e. The van der Waals surface area contributed by atoms with Crippen LogP contribution in [0, 0.1) is 11.7 Å². The van der Waals surface area contributed by atoms with Crippen LogP contribution in [0.5, 0.6) is 0 Å². The van der Waals surface area contributed by atoms with Crippen LogP contribution in [0.4, 0.5) is 4.39 Å². The van der Waals surface area contributed by atoms with Gasteiger partial charge in [-0.3, -0.25) is 0 Å². The molecule has 2 atom stereocenters. The van der Waals surface area contributed by atoms with E-state index >= 15 is 0 Å². The van der Waals surface area contributed by atoms with Gasteiger partial charge < -0.3 is 5.32 Å². The summed E-state index contributed by atoms with van der Waals surface area (Å²) < 4.78 is 13.9. The summed E-state index contributed by atoms with van der Waals surface area (Å²) in [6.07, 6.45) is 2.11. The Morgan fingerprint density at radius 2 is 1.74 bits per heavy atom. The van der Waals surface area contributed by atoms with Crippen molar-refractivity contribution in [1.29, 1.82) is 0 Å². The minimum absolute atomic E-state index is 0.0973. The van der Waals surface area contributed by atoms with Crippen LogP contribution >= 0.6 is 0 Å². The Morgan fingerprint density at radius 3 is 2.53 bits per heavy atom. The molecule has 1 N–H and O–H groups in total.